The van der Waals surface area contributed by atoms with Gasteiger partial charge in [-0.1, -0.05) is 40.5 Å². The minimum atomic E-state index is -0.328. The highest BCUT2D eigenvalue weighted by Crippen LogP contribution is 2.38. The first kappa shape index (κ1) is 18.5. The quantitative estimate of drug-likeness (QED) is 0.773. The third-order valence-electron chi connectivity index (χ3n) is 5.48. The van der Waals surface area contributed by atoms with Gasteiger partial charge < -0.3 is 10.6 Å². The number of amides is 1. The van der Waals surface area contributed by atoms with Gasteiger partial charge in [-0.25, -0.2) is 0 Å². The molecule has 0 aromatic rings. The van der Waals surface area contributed by atoms with Crippen LogP contribution in [0.25, 0.3) is 0 Å². The lowest BCUT2D eigenvalue weighted by Gasteiger charge is -2.42. The zero-order valence-electron chi connectivity index (χ0n) is 14.9. The van der Waals surface area contributed by atoms with E-state index in [4.69, 9.17) is 5.73 Å². The van der Waals surface area contributed by atoms with Crippen LogP contribution in [-0.4, -0.2) is 30.4 Å². The Bertz CT molecular complexity index is 322. The van der Waals surface area contributed by atoms with E-state index < -0.39 is 0 Å². The molecule has 1 fully saturated rings. The number of nitrogens with two attached hydrogens (primary N) is 1. The van der Waals surface area contributed by atoms with Crippen molar-refractivity contribution in [2.75, 3.05) is 13.6 Å². The summed E-state index contributed by atoms with van der Waals surface area (Å²) in [6, 6.07) is 0.408. The molecule has 0 heterocycles. The van der Waals surface area contributed by atoms with Crippen LogP contribution in [0.3, 0.4) is 0 Å². The van der Waals surface area contributed by atoms with Crippen LogP contribution < -0.4 is 5.73 Å². The van der Waals surface area contributed by atoms with Crippen molar-refractivity contribution in [2.45, 2.75) is 85.1 Å². The van der Waals surface area contributed by atoms with E-state index in [-0.39, 0.29) is 5.41 Å². The van der Waals surface area contributed by atoms with Gasteiger partial charge in [0, 0.05) is 19.6 Å². The molecule has 0 spiro atoms. The molecule has 0 aromatic carbocycles. The Morgan fingerprint density at radius 3 is 2.05 bits per heavy atom. The van der Waals surface area contributed by atoms with E-state index in [0.29, 0.717) is 23.9 Å². The fourth-order valence-electron chi connectivity index (χ4n) is 3.90. The summed E-state index contributed by atoms with van der Waals surface area (Å²) in [5.74, 6) is 0.290. The van der Waals surface area contributed by atoms with Crippen molar-refractivity contribution in [1.29, 1.82) is 0 Å². The van der Waals surface area contributed by atoms with E-state index in [1.165, 1.54) is 12.8 Å². The summed E-state index contributed by atoms with van der Waals surface area (Å²) in [7, 11) is 2.00. The maximum Gasteiger partial charge on any atom is 0.230 e. The third kappa shape index (κ3) is 4.45. The van der Waals surface area contributed by atoms with E-state index in [2.05, 4.69) is 27.7 Å². The summed E-state index contributed by atoms with van der Waals surface area (Å²) in [6.45, 7) is 9.45. The van der Waals surface area contributed by atoms with Crippen LogP contribution in [0.4, 0.5) is 0 Å². The number of carbonyl (C=O) groups is 1. The largest absolute Gasteiger partial charge is 0.342 e. The molecule has 1 aliphatic rings. The molecule has 3 nitrogen and oxygen atoms in total. The van der Waals surface area contributed by atoms with Gasteiger partial charge in [-0.05, 0) is 43.9 Å². The van der Waals surface area contributed by atoms with Crippen molar-refractivity contribution < 1.29 is 4.79 Å². The standard InChI is InChI=1S/C18H36N2O/c1-6-10-18(14-19,11-7-2)16(21)20(5)15-8-12-17(3,4)13-9-15/h15H,6-14,19H2,1-5H3. The predicted octanol–water partition coefficient (Wildman–Crippen LogP) is 3.96. The molecular weight excluding hydrogens is 260 g/mol. The number of carbonyl (C=O) groups excluding carboxylic acids is 1. The van der Waals surface area contributed by atoms with Crippen molar-refractivity contribution in [3.05, 3.63) is 0 Å². The average Bonchev–Trinajstić information content (AvgIpc) is 2.45. The van der Waals surface area contributed by atoms with Crippen molar-refractivity contribution in [3.63, 3.8) is 0 Å². The van der Waals surface area contributed by atoms with Crippen LogP contribution in [0.1, 0.15) is 79.1 Å². The first-order valence-corrected chi connectivity index (χ1v) is 8.79. The highest BCUT2D eigenvalue weighted by atomic mass is 16.2. The lowest BCUT2D eigenvalue weighted by molar-refractivity contribution is -0.144. The maximum absolute atomic E-state index is 13.1. The van der Waals surface area contributed by atoms with E-state index in [0.717, 1.165) is 38.5 Å². The molecule has 1 saturated carbocycles. The molecule has 2 N–H and O–H groups in total. The normalized spacial score (nSPS) is 19.5. The van der Waals surface area contributed by atoms with Gasteiger partial charge in [0.15, 0.2) is 0 Å². The zero-order valence-corrected chi connectivity index (χ0v) is 14.9. The second-order valence-corrected chi connectivity index (χ2v) is 7.80. The minimum absolute atomic E-state index is 0.290. The van der Waals surface area contributed by atoms with Crippen molar-refractivity contribution in [2.24, 2.45) is 16.6 Å². The fourth-order valence-corrected chi connectivity index (χ4v) is 3.90. The van der Waals surface area contributed by atoms with Crippen LogP contribution in [-0.2, 0) is 4.79 Å². The summed E-state index contributed by atoms with van der Waals surface area (Å²) in [5, 5.41) is 0. The Morgan fingerprint density at radius 1 is 1.19 bits per heavy atom. The Labute approximate surface area is 131 Å². The van der Waals surface area contributed by atoms with Crippen LogP contribution in [0, 0.1) is 10.8 Å². The highest BCUT2D eigenvalue weighted by Gasteiger charge is 2.40. The molecule has 0 atom stereocenters. The number of rotatable bonds is 7. The summed E-state index contributed by atoms with van der Waals surface area (Å²) >= 11 is 0. The van der Waals surface area contributed by atoms with E-state index in [1.54, 1.807) is 0 Å². The molecule has 0 aromatic heterocycles. The summed E-state index contributed by atoms with van der Waals surface area (Å²) in [4.78, 5) is 15.1. The molecule has 0 unspecified atom stereocenters. The van der Waals surface area contributed by atoms with E-state index in [9.17, 15) is 4.79 Å². The lowest BCUT2D eigenvalue weighted by atomic mass is 9.74. The Kier molecular flexibility index (Phi) is 6.71. The molecule has 0 saturated heterocycles. The molecule has 0 aliphatic heterocycles. The smallest absolute Gasteiger partial charge is 0.230 e. The van der Waals surface area contributed by atoms with Gasteiger partial charge in [-0.2, -0.15) is 0 Å². The Hall–Kier alpha value is -0.570. The highest BCUT2D eigenvalue weighted by molar-refractivity contribution is 5.83. The zero-order chi connectivity index (χ0) is 16.1. The van der Waals surface area contributed by atoms with Gasteiger partial charge in [0.2, 0.25) is 5.91 Å². The lowest BCUT2D eigenvalue weighted by Crippen LogP contribution is -2.51. The molecule has 0 bridgehead atoms. The molecule has 124 valence electrons. The van der Waals surface area contributed by atoms with Crippen molar-refractivity contribution in [3.8, 4) is 0 Å². The predicted molar refractivity (Wildman–Crippen MR) is 90.1 cm³/mol. The van der Waals surface area contributed by atoms with Gasteiger partial charge in [0.05, 0.1) is 5.41 Å². The summed E-state index contributed by atoms with van der Waals surface area (Å²) < 4.78 is 0. The first-order chi connectivity index (χ1) is 9.82. The van der Waals surface area contributed by atoms with Gasteiger partial charge in [-0.3, -0.25) is 4.79 Å². The van der Waals surface area contributed by atoms with Gasteiger partial charge in [0.25, 0.3) is 0 Å². The molecular formula is C18H36N2O. The molecule has 1 rings (SSSR count). The molecule has 1 aliphatic carbocycles. The van der Waals surface area contributed by atoms with Crippen LogP contribution >= 0.6 is 0 Å². The number of hydrogen-bond acceptors (Lipinski definition) is 2. The Balaban J connectivity index is 2.78. The monoisotopic (exact) mass is 296 g/mol. The van der Waals surface area contributed by atoms with E-state index >= 15 is 0 Å². The van der Waals surface area contributed by atoms with Crippen molar-refractivity contribution >= 4 is 5.91 Å². The second-order valence-electron chi connectivity index (χ2n) is 7.80. The van der Waals surface area contributed by atoms with Crippen LogP contribution in [0.2, 0.25) is 0 Å². The summed E-state index contributed by atoms with van der Waals surface area (Å²) in [5.41, 5.74) is 6.16. The van der Waals surface area contributed by atoms with Gasteiger partial charge in [0.1, 0.15) is 0 Å². The number of nitrogens with zero attached hydrogens (tertiary/aromatic N) is 1. The molecule has 21 heavy (non-hydrogen) atoms. The van der Waals surface area contributed by atoms with Gasteiger partial charge in [-0.15, -0.1) is 0 Å². The van der Waals surface area contributed by atoms with Crippen molar-refractivity contribution in [1.82, 2.24) is 4.90 Å². The molecule has 3 heteroatoms. The van der Waals surface area contributed by atoms with Crippen LogP contribution in [0.15, 0.2) is 0 Å². The topological polar surface area (TPSA) is 46.3 Å². The molecule has 1 amide bonds. The second kappa shape index (κ2) is 7.62. The van der Waals surface area contributed by atoms with Gasteiger partial charge >= 0.3 is 0 Å². The first-order valence-electron chi connectivity index (χ1n) is 8.79. The summed E-state index contributed by atoms with van der Waals surface area (Å²) in [6.07, 6.45) is 8.57. The number of hydrogen-bond donors (Lipinski definition) is 1. The third-order valence-corrected chi connectivity index (χ3v) is 5.48. The van der Waals surface area contributed by atoms with Crippen LogP contribution in [0.5, 0.6) is 0 Å². The average molecular weight is 296 g/mol. The van der Waals surface area contributed by atoms with E-state index in [1.807, 2.05) is 11.9 Å². The maximum atomic E-state index is 13.1. The Morgan fingerprint density at radius 2 is 1.67 bits per heavy atom. The molecule has 0 radical (unpaired) electrons. The fraction of sp³-hybridized carbons (Fsp3) is 0.944. The minimum Gasteiger partial charge on any atom is -0.342 e. The SMILES string of the molecule is CCCC(CN)(CCC)C(=O)N(C)C1CCC(C)(C)CC1.